The van der Waals surface area contributed by atoms with Gasteiger partial charge in [0.05, 0.1) is 12.6 Å². The van der Waals surface area contributed by atoms with Crippen LogP contribution in [0.25, 0.3) is 10.9 Å². The van der Waals surface area contributed by atoms with E-state index in [1.807, 2.05) is 61.5 Å². The van der Waals surface area contributed by atoms with Gasteiger partial charge in [0, 0.05) is 34.6 Å². The van der Waals surface area contributed by atoms with E-state index in [2.05, 4.69) is 10.6 Å². The third-order valence-corrected chi connectivity index (χ3v) is 5.80. The van der Waals surface area contributed by atoms with E-state index in [1.165, 1.54) is 4.57 Å². The Kier molecular flexibility index (Phi) is 6.66. The number of nitrogens with one attached hydrogen (secondary N) is 2. The Morgan fingerprint density at radius 2 is 1.79 bits per heavy atom. The summed E-state index contributed by atoms with van der Waals surface area (Å²) in [5, 5.41) is 7.50. The minimum atomic E-state index is -0.325. The van der Waals surface area contributed by atoms with Gasteiger partial charge in [-0.25, -0.2) is 0 Å². The highest BCUT2D eigenvalue weighted by Crippen LogP contribution is 2.22. The number of para-hydroxylation sites is 1. The molecule has 0 saturated heterocycles. The normalized spacial score (nSPS) is 10.8. The first-order valence-corrected chi connectivity index (χ1v) is 10.9. The van der Waals surface area contributed by atoms with Gasteiger partial charge >= 0.3 is 0 Å². The molecule has 3 aromatic carbocycles. The fourth-order valence-corrected chi connectivity index (χ4v) is 3.77. The second-order valence-corrected chi connectivity index (χ2v) is 8.12. The number of ether oxygens (including phenoxy) is 1. The number of carbonyl (C=O) groups excluding carboxylic acids is 1. The standard InChI is InChI=1S/C26H24ClN3O3/c1-17-8-10-21(13-23(17)27)29-25(31)16-30-24-14-22(33-2)11-9-18(24)12-19(26(30)32)15-28-20-6-4-3-5-7-20/h3-14,28H,15-16H2,1-2H3,(H,29,31). The van der Waals surface area contributed by atoms with Crippen LogP contribution in [0.2, 0.25) is 5.02 Å². The highest BCUT2D eigenvalue weighted by atomic mass is 35.5. The molecule has 0 unspecified atom stereocenters. The summed E-state index contributed by atoms with van der Waals surface area (Å²) in [6.07, 6.45) is 0. The maximum Gasteiger partial charge on any atom is 0.256 e. The lowest BCUT2D eigenvalue weighted by Crippen LogP contribution is -2.30. The van der Waals surface area contributed by atoms with Crippen molar-refractivity contribution in [2.75, 3.05) is 17.7 Å². The van der Waals surface area contributed by atoms with Crippen LogP contribution in [0, 0.1) is 6.92 Å². The second kappa shape index (κ2) is 9.79. The maximum absolute atomic E-state index is 13.4. The number of nitrogens with zero attached hydrogens (tertiary/aromatic N) is 1. The first-order chi connectivity index (χ1) is 15.9. The van der Waals surface area contributed by atoms with Gasteiger partial charge < -0.3 is 15.4 Å². The summed E-state index contributed by atoms with van der Waals surface area (Å²) >= 11 is 6.17. The number of rotatable bonds is 7. The molecule has 2 N–H and O–H groups in total. The predicted molar refractivity (Wildman–Crippen MR) is 133 cm³/mol. The van der Waals surface area contributed by atoms with Crippen LogP contribution in [0.1, 0.15) is 11.1 Å². The van der Waals surface area contributed by atoms with Crippen molar-refractivity contribution in [2.45, 2.75) is 20.0 Å². The van der Waals surface area contributed by atoms with Gasteiger partial charge in [0.15, 0.2) is 0 Å². The van der Waals surface area contributed by atoms with Crippen molar-refractivity contribution < 1.29 is 9.53 Å². The summed E-state index contributed by atoms with van der Waals surface area (Å²) in [6, 6.07) is 22.3. The van der Waals surface area contributed by atoms with Crippen molar-refractivity contribution in [3.05, 3.63) is 99.3 Å². The molecule has 0 bridgehead atoms. The van der Waals surface area contributed by atoms with Crippen LogP contribution in [0.5, 0.6) is 5.75 Å². The van der Waals surface area contributed by atoms with Crippen LogP contribution < -0.4 is 20.9 Å². The Morgan fingerprint density at radius 1 is 1.00 bits per heavy atom. The minimum Gasteiger partial charge on any atom is -0.497 e. The highest BCUT2D eigenvalue weighted by molar-refractivity contribution is 6.31. The average Bonchev–Trinajstić information content (AvgIpc) is 2.82. The van der Waals surface area contributed by atoms with Crippen molar-refractivity contribution in [3.63, 3.8) is 0 Å². The molecule has 1 heterocycles. The van der Waals surface area contributed by atoms with Crippen LogP contribution in [0.4, 0.5) is 11.4 Å². The molecule has 4 aromatic rings. The third-order valence-electron chi connectivity index (χ3n) is 5.39. The van der Waals surface area contributed by atoms with Crippen molar-refractivity contribution in [1.29, 1.82) is 0 Å². The van der Waals surface area contributed by atoms with E-state index in [4.69, 9.17) is 16.3 Å². The molecule has 4 rings (SSSR count). The quantitative estimate of drug-likeness (QED) is 0.395. The van der Waals surface area contributed by atoms with Crippen LogP contribution >= 0.6 is 11.6 Å². The Labute approximate surface area is 196 Å². The second-order valence-electron chi connectivity index (χ2n) is 7.72. The highest BCUT2D eigenvalue weighted by Gasteiger charge is 2.14. The van der Waals surface area contributed by atoms with E-state index in [-0.39, 0.29) is 18.0 Å². The number of anilines is 2. The van der Waals surface area contributed by atoms with Crippen molar-refractivity contribution in [1.82, 2.24) is 4.57 Å². The fraction of sp³-hybridized carbons (Fsp3) is 0.154. The number of aryl methyl sites for hydroxylation is 1. The molecular formula is C26H24ClN3O3. The number of fused-ring (bicyclic) bond motifs is 1. The molecule has 33 heavy (non-hydrogen) atoms. The fourth-order valence-electron chi connectivity index (χ4n) is 3.59. The molecule has 0 radical (unpaired) electrons. The van der Waals surface area contributed by atoms with Gasteiger partial charge in [0.2, 0.25) is 5.91 Å². The molecular weight excluding hydrogens is 438 g/mol. The minimum absolute atomic E-state index is 0.146. The summed E-state index contributed by atoms with van der Waals surface area (Å²) in [5.74, 6) is 0.283. The summed E-state index contributed by atoms with van der Waals surface area (Å²) in [6.45, 7) is 2.08. The van der Waals surface area contributed by atoms with E-state index >= 15 is 0 Å². The summed E-state index contributed by atoms with van der Waals surface area (Å²) in [7, 11) is 1.57. The molecule has 0 aliphatic heterocycles. The largest absolute Gasteiger partial charge is 0.497 e. The number of benzene rings is 3. The molecule has 0 atom stereocenters. The summed E-state index contributed by atoms with van der Waals surface area (Å²) in [5.41, 5.74) is 3.35. The number of methoxy groups -OCH3 is 1. The van der Waals surface area contributed by atoms with Gasteiger partial charge in [-0.15, -0.1) is 0 Å². The van der Waals surface area contributed by atoms with Crippen LogP contribution in [0.15, 0.2) is 77.6 Å². The molecule has 0 aliphatic rings. The van der Waals surface area contributed by atoms with Gasteiger partial charge in [-0.05, 0) is 60.3 Å². The molecule has 168 valence electrons. The molecule has 0 fully saturated rings. The number of amides is 1. The smallest absolute Gasteiger partial charge is 0.256 e. The molecule has 0 saturated carbocycles. The topological polar surface area (TPSA) is 72.4 Å². The van der Waals surface area contributed by atoms with Crippen molar-refractivity contribution in [3.8, 4) is 5.75 Å². The van der Waals surface area contributed by atoms with Crippen LogP contribution in [-0.2, 0) is 17.9 Å². The number of halogens is 1. The molecule has 7 heteroatoms. The summed E-state index contributed by atoms with van der Waals surface area (Å²) in [4.78, 5) is 26.2. The summed E-state index contributed by atoms with van der Waals surface area (Å²) < 4.78 is 6.81. The van der Waals surface area contributed by atoms with Crippen molar-refractivity contribution in [2.24, 2.45) is 0 Å². The first kappa shape index (κ1) is 22.4. The van der Waals surface area contributed by atoms with Crippen molar-refractivity contribution >= 4 is 39.8 Å². The van der Waals surface area contributed by atoms with Gasteiger partial charge in [-0.1, -0.05) is 35.9 Å². The van der Waals surface area contributed by atoms with E-state index in [0.717, 1.165) is 16.6 Å². The van der Waals surface area contributed by atoms with E-state index in [1.54, 1.807) is 25.3 Å². The Bertz CT molecular complexity index is 1370. The Morgan fingerprint density at radius 3 is 2.52 bits per heavy atom. The third kappa shape index (κ3) is 5.18. The zero-order chi connectivity index (χ0) is 23.4. The molecule has 0 spiro atoms. The number of aromatic nitrogens is 1. The van der Waals surface area contributed by atoms with E-state index in [0.29, 0.717) is 34.1 Å². The Balaban J connectivity index is 1.67. The number of carbonyl (C=O) groups is 1. The SMILES string of the molecule is COc1ccc2cc(CNc3ccccc3)c(=O)n(CC(=O)Nc3ccc(C)c(Cl)c3)c2c1. The molecule has 6 nitrogen and oxygen atoms in total. The monoisotopic (exact) mass is 461 g/mol. The van der Waals surface area contributed by atoms with Gasteiger partial charge in [-0.3, -0.25) is 14.2 Å². The van der Waals surface area contributed by atoms with Gasteiger partial charge in [0.1, 0.15) is 12.3 Å². The van der Waals surface area contributed by atoms with Crippen LogP contribution in [-0.4, -0.2) is 17.6 Å². The predicted octanol–water partition coefficient (Wildman–Crippen LogP) is 5.22. The molecule has 1 aromatic heterocycles. The molecule has 0 aliphatic carbocycles. The molecule has 1 amide bonds. The van der Waals surface area contributed by atoms with E-state index < -0.39 is 0 Å². The average molecular weight is 462 g/mol. The Hall–Kier alpha value is -3.77. The van der Waals surface area contributed by atoms with Gasteiger partial charge in [-0.2, -0.15) is 0 Å². The number of pyridine rings is 1. The lowest BCUT2D eigenvalue weighted by Gasteiger charge is -2.15. The zero-order valence-electron chi connectivity index (χ0n) is 18.4. The first-order valence-electron chi connectivity index (χ1n) is 10.5. The number of hydrogen-bond acceptors (Lipinski definition) is 4. The lowest BCUT2D eigenvalue weighted by atomic mass is 10.1. The van der Waals surface area contributed by atoms with Gasteiger partial charge in [0.25, 0.3) is 5.56 Å². The zero-order valence-corrected chi connectivity index (χ0v) is 19.1. The number of hydrogen-bond donors (Lipinski definition) is 2. The lowest BCUT2D eigenvalue weighted by molar-refractivity contribution is -0.116. The maximum atomic E-state index is 13.4. The van der Waals surface area contributed by atoms with E-state index in [9.17, 15) is 9.59 Å². The van der Waals surface area contributed by atoms with Crippen LogP contribution in [0.3, 0.4) is 0 Å².